The van der Waals surface area contributed by atoms with Crippen molar-refractivity contribution in [1.82, 2.24) is 4.90 Å². The van der Waals surface area contributed by atoms with Gasteiger partial charge in [0, 0.05) is 51.1 Å². The minimum atomic E-state index is -0.484. The van der Waals surface area contributed by atoms with Gasteiger partial charge in [0.15, 0.2) is 0 Å². The fraction of sp³-hybridized carbons (Fsp3) is 0.739. The third kappa shape index (κ3) is 4.03. The van der Waals surface area contributed by atoms with E-state index in [1.165, 1.54) is 24.1 Å². The Morgan fingerprint density at radius 1 is 1.07 bits per heavy atom. The molecule has 2 atom stereocenters. The summed E-state index contributed by atoms with van der Waals surface area (Å²) in [5.74, 6) is 0.774. The largest absolute Gasteiger partial charge is 0.389 e. The molecule has 4 heteroatoms. The van der Waals surface area contributed by atoms with Crippen LogP contribution in [0.25, 0.3) is 0 Å². The number of piperidine rings is 2. The molecule has 1 aromatic rings. The SMILES string of the molecule is Cc1cccc(N2CCC(N3CC[C@@](O)(C4CCOCC4)[C@H](C)C3)CC2)c1. The Balaban J connectivity index is 1.32. The smallest absolute Gasteiger partial charge is 0.0727 e. The van der Waals surface area contributed by atoms with E-state index in [1.54, 1.807) is 0 Å². The lowest BCUT2D eigenvalue weighted by Gasteiger charge is -2.51. The van der Waals surface area contributed by atoms with Crippen molar-refractivity contribution in [3.63, 3.8) is 0 Å². The van der Waals surface area contributed by atoms with Crippen molar-refractivity contribution >= 4 is 5.69 Å². The van der Waals surface area contributed by atoms with E-state index in [0.29, 0.717) is 17.9 Å². The summed E-state index contributed by atoms with van der Waals surface area (Å²) in [6.45, 7) is 10.5. The first-order valence-corrected chi connectivity index (χ1v) is 10.9. The van der Waals surface area contributed by atoms with Gasteiger partial charge in [0.1, 0.15) is 0 Å². The number of hydrogen-bond donors (Lipinski definition) is 1. The molecule has 0 unspecified atom stereocenters. The highest BCUT2D eigenvalue weighted by atomic mass is 16.5. The number of likely N-dealkylation sites (tertiary alicyclic amines) is 1. The molecule has 0 aliphatic carbocycles. The van der Waals surface area contributed by atoms with Crippen molar-refractivity contribution < 1.29 is 9.84 Å². The topological polar surface area (TPSA) is 35.9 Å². The average Bonchev–Trinajstić information content (AvgIpc) is 2.71. The Labute approximate surface area is 164 Å². The van der Waals surface area contributed by atoms with Crippen LogP contribution in [0.3, 0.4) is 0 Å². The second-order valence-corrected chi connectivity index (χ2v) is 9.08. The molecule has 1 aromatic carbocycles. The van der Waals surface area contributed by atoms with Gasteiger partial charge in [0.2, 0.25) is 0 Å². The maximum Gasteiger partial charge on any atom is 0.0727 e. The highest BCUT2D eigenvalue weighted by Gasteiger charge is 2.46. The molecule has 0 radical (unpaired) electrons. The Hall–Kier alpha value is -1.10. The lowest BCUT2D eigenvalue weighted by molar-refractivity contribution is -0.136. The standard InChI is InChI=1S/C23H36N2O2/c1-18-4-3-5-22(16-18)24-11-6-21(7-12-24)25-13-10-23(26,19(2)17-25)20-8-14-27-15-9-20/h3-5,16,19-21,26H,6-15,17H2,1-2H3/t19-,23+/m1/s1. The van der Waals surface area contributed by atoms with E-state index in [9.17, 15) is 5.11 Å². The molecule has 4 rings (SSSR count). The minimum Gasteiger partial charge on any atom is -0.389 e. The normalized spacial score (nSPS) is 32.0. The van der Waals surface area contributed by atoms with Gasteiger partial charge in [0.05, 0.1) is 5.60 Å². The van der Waals surface area contributed by atoms with Crippen LogP contribution in [-0.4, -0.2) is 61.0 Å². The predicted molar refractivity (Wildman–Crippen MR) is 110 cm³/mol. The highest BCUT2D eigenvalue weighted by molar-refractivity contribution is 5.48. The molecule has 4 nitrogen and oxygen atoms in total. The van der Waals surface area contributed by atoms with E-state index in [0.717, 1.165) is 58.7 Å². The molecule has 27 heavy (non-hydrogen) atoms. The molecule has 0 spiro atoms. The van der Waals surface area contributed by atoms with E-state index in [4.69, 9.17) is 4.74 Å². The van der Waals surface area contributed by atoms with Crippen molar-refractivity contribution in [3.05, 3.63) is 29.8 Å². The number of hydrogen-bond acceptors (Lipinski definition) is 4. The summed E-state index contributed by atoms with van der Waals surface area (Å²) < 4.78 is 5.51. The summed E-state index contributed by atoms with van der Waals surface area (Å²) in [5, 5.41) is 11.4. The molecule has 0 aromatic heterocycles. The second kappa shape index (κ2) is 8.10. The van der Waals surface area contributed by atoms with E-state index in [-0.39, 0.29) is 0 Å². The van der Waals surface area contributed by atoms with Crippen LogP contribution < -0.4 is 4.90 Å². The van der Waals surface area contributed by atoms with Gasteiger partial charge in [-0.25, -0.2) is 0 Å². The zero-order valence-corrected chi connectivity index (χ0v) is 17.1. The van der Waals surface area contributed by atoms with E-state index >= 15 is 0 Å². The van der Waals surface area contributed by atoms with Crippen LogP contribution in [0.4, 0.5) is 5.69 Å². The number of benzene rings is 1. The Morgan fingerprint density at radius 3 is 2.48 bits per heavy atom. The second-order valence-electron chi connectivity index (χ2n) is 9.08. The van der Waals surface area contributed by atoms with E-state index in [1.807, 2.05) is 0 Å². The van der Waals surface area contributed by atoms with Gasteiger partial charge >= 0.3 is 0 Å². The zero-order chi connectivity index (χ0) is 18.9. The molecule has 3 saturated heterocycles. The fourth-order valence-electron chi connectivity index (χ4n) is 5.62. The monoisotopic (exact) mass is 372 g/mol. The maximum absolute atomic E-state index is 11.4. The van der Waals surface area contributed by atoms with Gasteiger partial charge < -0.3 is 14.7 Å². The number of ether oxygens (including phenoxy) is 1. The molecule has 3 fully saturated rings. The van der Waals surface area contributed by atoms with E-state index in [2.05, 4.69) is 47.9 Å². The minimum absolute atomic E-state index is 0.351. The Kier molecular flexibility index (Phi) is 5.77. The number of anilines is 1. The first-order chi connectivity index (χ1) is 13.1. The van der Waals surface area contributed by atoms with Crippen LogP contribution in [0.1, 0.15) is 44.6 Å². The molecule has 3 aliphatic rings. The van der Waals surface area contributed by atoms with Crippen LogP contribution in [0.15, 0.2) is 24.3 Å². The molecule has 0 saturated carbocycles. The fourth-order valence-corrected chi connectivity index (χ4v) is 5.62. The quantitative estimate of drug-likeness (QED) is 0.881. The highest BCUT2D eigenvalue weighted by Crippen LogP contribution is 2.40. The Bertz CT molecular complexity index is 623. The summed E-state index contributed by atoms with van der Waals surface area (Å²) in [4.78, 5) is 5.21. The first kappa shape index (κ1) is 19.2. The number of nitrogens with zero attached hydrogens (tertiary/aromatic N) is 2. The van der Waals surface area contributed by atoms with Crippen LogP contribution in [0.2, 0.25) is 0 Å². The summed E-state index contributed by atoms with van der Waals surface area (Å²) in [7, 11) is 0. The lowest BCUT2D eigenvalue weighted by Crippen LogP contribution is -2.58. The summed E-state index contributed by atoms with van der Waals surface area (Å²) in [6, 6.07) is 9.56. The predicted octanol–water partition coefficient (Wildman–Crippen LogP) is 3.46. The van der Waals surface area contributed by atoms with Crippen molar-refractivity contribution in [2.24, 2.45) is 11.8 Å². The van der Waals surface area contributed by atoms with Crippen LogP contribution in [0.5, 0.6) is 0 Å². The van der Waals surface area contributed by atoms with E-state index < -0.39 is 5.60 Å². The van der Waals surface area contributed by atoms with Gasteiger partial charge in [-0.2, -0.15) is 0 Å². The summed E-state index contributed by atoms with van der Waals surface area (Å²) in [5.41, 5.74) is 2.23. The summed E-state index contributed by atoms with van der Waals surface area (Å²) >= 11 is 0. The third-order valence-electron chi connectivity index (χ3n) is 7.44. The van der Waals surface area contributed by atoms with Gasteiger partial charge in [-0.05, 0) is 68.6 Å². The lowest BCUT2D eigenvalue weighted by atomic mass is 9.70. The van der Waals surface area contributed by atoms with Crippen molar-refractivity contribution in [2.45, 2.75) is 57.6 Å². The average molecular weight is 373 g/mol. The number of aliphatic hydroxyl groups is 1. The third-order valence-corrected chi connectivity index (χ3v) is 7.44. The molecule has 3 aliphatic heterocycles. The number of aryl methyl sites for hydroxylation is 1. The molecular weight excluding hydrogens is 336 g/mol. The van der Waals surface area contributed by atoms with Crippen molar-refractivity contribution in [1.29, 1.82) is 0 Å². The van der Waals surface area contributed by atoms with Gasteiger partial charge in [-0.3, -0.25) is 4.90 Å². The first-order valence-electron chi connectivity index (χ1n) is 10.9. The Morgan fingerprint density at radius 2 is 1.81 bits per heavy atom. The molecule has 1 N–H and O–H groups in total. The number of rotatable bonds is 3. The zero-order valence-electron chi connectivity index (χ0n) is 17.1. The van der Waals surface area contributed by atoms with Crippen LogP contribution >= 0.6 is 0 Å². The van der Waals surface area contributed by atoms with Gasteiger partial charge in [-0.1, -0.05) is 19.1 Å². The van der Waals surface area contributed by atoms with Crippen molar-refractivity contribution in [3.8, 4) is 0 Å². The van der Waals surface area contributed by atoms with Gasteiger partial charge in [0.25, 0.3) is 0 Å². The molecule has 0 amide bonds. The maximum atomic E-state index is 11.4. The molecule has 3 heterocycles. The van der Waals surface area contributed by atoms with Crippen LogP contribution in [0, 0.1) is 18.8 Å². The van der Waals surface area contributed by atoms with Crippen LogP contribution in [-0.2, 0) is 4.74 Å². The molecule has 150 valence electrons. The summed E-state index contributed by atoms with van der Waals surface area (Å²) in [6.07, 6.45) is 5.44. The molecular formula is C23H36N2O2. The van der Waals surface area contributed by atoms with Gasteiger partial charge in [-0.15, -0.1) is 0 Å². The molecule has 0 bridgehead atoms. The van der Waals surface area contributed by atoms with Crippen molar-refractivity contribution in [2.75, 3.05) is 44.3 Å².